The summed E-state index contributed by atoms with van der Waals surface area (Å²) in [6.07, 6.45) is -2.75. The van der Waals surface area contributed by atoms with E-state index in [2.05, 4.69) is 0 Å². The Morgan fingerprint density at radius 3 is 2.75 bits per heavy atom. The molecular weight excluding hydrogens is 273 g/mol. The summed E-state index contributed by atoms with van der Waals surface area (Å²) in [5.41, 5.74) is 0.757. The number of methoxy groups -OCH3 is 1. The Kier molecular flexibility index (Phi) is 3.87. The summed E-state index contributed by atoms with van der Waals surface area (Å²) < 4.78 is 42.6. The number of amides is 1. The zero-order valence-corrected chi connectivity index (χ0v) is 10.7. The summed E-state index contributed by atoms with van der Waals surface area (Å²) in [5, 5.41) is 2.69. The number of halogens is 3. The second kappa shape index (κ2) is 5.44. The van der Waals surface area contributed by atoms with Crippen LogP contribution in [0.3, 0.4) is 0 Å². The Balaban J connectivity index is 2.08. The van der Waals surface area contributed by atoms with E-state index in [1.807, 2.05) is 5.32 Å². The Bertz CT molecular complexity index is 620. The lowest BCUT2D eigenvalue weighted by molar-refractivity contribution is -0.138. The van der Waals surface area contributed by atoms with Crippen molar-refractivity contribution < 1.29 is 22.7 Å². The summed E-state index contributed by atoms with van der Waals surface area (Å²) in [6.45, 7) is -1.48. The van der Waals surface area contributed by atoms with E-state index < -0.39 is 18.6 Å². The lowest BCUT2D eigenvalue weighted by atomic mass is 10.2. The highest BCUT2D eigenvalue weighted by Gasteiger charge is 2.27. The van der Waals surface area contributed by atoms with Crippen molar-refractivity contribution >= 4 is 16.8 Å². The van der Waals surface area contributed by atoms with Gasteiger partial charge in [0.05, 0.1) is 7.11 Å². The van der Waals surface area contributed by atoms with Crippen LogP contribution in [0.15, 0.2) is 30.5 Å². The predicted octanol–water partition coefficient (Wildman–Crippen LogP) is 2.33. The number of benzene rings is 1. The Morgan fingerprint density at radius 1 is 1.35 bits per heavy atom. The number of carbonyl (C=O) groups excluding carboxylic acids is 1. The number of alkyl halides is 3. The normalized spacial score (nSPS) is 11.6. The van der Waals surface area contributed by atoms with Crippen LogP contribution in [0, 0.1) is 0 Å². The summed E-state index contributed by atoms with van der Waals surface area (Å²) >= 11 is 0. The van der Waals surface area contributed by atoms with Crippen LogP contribution in [0.4, 0.5) is 13.2 Å². The molecule has 0 unspecified atom stereocenters. The highest BCUT2D eigenvalue weighted by molar-refractivity contribution is 5.84. The first-order chi connectivity index (χ1) is 9.39. The molecule has 2 aromatic rings. The molecule has 0 atom stereocenters. The Morgan fingerprint density at radius 2 is 2.10 bits per heavy atom. The second-order valence-corrected chi connectivity index (χ2v) is 4.26. The minimum Gasteiger partial charge on any atom is -0.497 e. The number of fused-ring (bicyclic) bond motifs is 1. The van der Waals surface area contributed by atoms with Gasteiger partial charge < -0.3 is 14.6 Å². The molecule has 1 aromatic carbocycles. The molecule has 1 aromatic heterocycles. The summed E-state index contributed by atoms with van der Waals surface area (Å²) in [5.74, 6) is -0.00702. The molecule has 2 rings (SSSR count). The van der Waals surface area contributed by atoms with Crippen molar-refractivity contribution in [2.24, 2.45) is 0 Å². The lowest BCUT2D eigenvalue weighted by Crippen LogP contribution is -2.35. The van der Waals surface area contributed by atoms with Crippen molar-refractivity contribution in [3.8, 4) is 5.75 Å². The number of hydrogen-bond acceptors (Lipinski definition) is 2. The van der Waals surface area contributed by atoms with E-state index in [4.69, 9.17) is 4.74 Å². The fourth-order valence-corrected chi connectivity index (χ4v) is 1.85. The number of aromatic nitrogens is 1. The van der Waals surface area contributed by atoms with Crippen LogP contribution in [0.2, 0.25) is 0 Å². The number of ether oxygens (including phenoxy) is 1. The number of nitrogens with zero attached hydrogens (tertiary/aromatic N) is 1. The Hall–Kier alpha value is -2.18. The van der Waals surface area contributed by atoms with Gasteiger partial charge in [0, 0.05) is 17.1 Å². The lowest BCUT2D eigenvalue weighted by Gasteiger charge is -2.09. The second-order valence-electron chi connectivity index (χ2n) is 4.26. The summed E-state index contributed by atoms with van der Waals surface area (Å²) in [6, 6.07) is 7.05. The molecule has 7 heteroatoms. The average Bonchev–Trinajstić information content (AvgIpc) is 2.78. The largest absolute Gasteiger partial charge is 0.497 e. The van der Waals surface area contributed by atoms with Gasteiger partial charge in [-0.05, 0) is 24.3 Å². The summed E-state index contributed by atoms with van der Waals surface area (Å²) in [7, 11) is 1.54. The van der Waals surface area contributed by atoms with Crippen LogP contribution in [0.5, 0.6) is 5.75 Å². The maximum absolute atomic E-state index is 12.0. The van der Waals surface area contributed by atoms with Crippen LogP contribution in [0.25, 0.3) is 10.9 Å². The molecule has 20 heavy (non-hydrogen) atoms. The molecule has 1 amide bonds. The molecule has 1 N–H and O–H groups in total. The maximum Gasteiger partial charge on any atom is 0.405 e. The third-order valence-electron chi connectivity index (χ3n) is 2.78. The molecule has 108 valence electrons. The van der Waals surface area contributed by atoms with Crippen molar-refractivity contribution in [1.82, 2.24) is 9.88 Å². The third-order valence-corrected chi connectivity index (χ3v) is 2.78. The molecule has 1 heterocycles. The summed E-state index contributed by atoms with van der Waals surface area (Å²) in [4.78, 5) is 11.5. The van der Waals surface area contributed by atoms with E-state index in [1.165, 1.54) is 0 Å². The van der Waals surface area contributed by atoms with Crippen LogP contribution >= 0.6 is 0 Å². The molecule has 0 aliphatic carbocycles. The molecule has 0 aliphatic rings. The number of rotatable bonds is 4. The number of hydrogen-bond donors (Lipinski definition) is 1. The van der Waals surface area contributed by atoms with Crippen molar-refractivity contribution in [1.29, 1.82) is 0 Å². The van der Waals surface area contributed by atoms with Crippen LogP contribution in [-0.2, 0) is 11.3 Å². The molecule has 4 nitrogen and oxygen atoms in total. The van der Waals surface area contributed by atoms with Crippen molar-refractivity contribution in [2.75, 3.05) is 13.7 Å². The molecule has 0 bridgehead atoms. The van der Waals surface area contributed by atoms with Gasteiger partial charge in [-0.1, -0.05) is 0 Å². The Labute approximate surface area is 113 Å². The van der Waals surface area contributed by atoms with Crippen molar-refractivity contribution in [3.05, 3.63) is 30.5 Å². The molecule has 0 aliphatic heterocycles. The van der Waals surface area contributed by atoms with Gasteiger partial charge in [-0.15, -0.1) is 0 Å². The topological polar surface area (TPSA) is 43.3 Å². The highest BCUT2D eigenvalue weighted by atomic mass is 19.4. The average molecular weight is 286 g/mol. The zero-order chi connectivity index (χ0) is 14.8. The minimum absolute atomic E-state index is 0.161. The van der Waals surface area contributed by atoms with E-state index in [-0.39, 0.29) is 6.54 Å². The number of nitrogens with one attached hydrogen (secondary N) is 1. The van der Waals surface area contributed by atoms with E-state index in [0.29, 0.717) is 5.75 Å². The first kappa shape index (κ1) is 14.2. The molecule has 0 spiro atoms. The van der Waals surface area contributed by atoms with Crippen LogP contribution < -0.4 is 10.1 Å². The smallest absolute Gasteiger partial charge is 0.405 e. The maximum atomic E-state index is 12.0. The molecule has 0 saturated heterocycles. The first-order valence-electron chi connectivity index (χ1n) is 5.85. The van der Waals surface area contributed by atoms with Gasteiger partial charge in [-0.25, -0.2) is 0 Å². The van der Waals surface area contributed by atoms with Gasteiger partial charge in [-0.3, -0.25) is 4.79 Å². The molecule has 0 saturated carbocycles. The van der Waals surface area contributed by atoms with E-state index in [9.17, 15) is 18.0 Å². The van der Waals surface area contributed by atoms with E-state index in [1.54, 1.807) is 42.1 Å². The van der Waals surface area contributed by atoms with E-state index in [0.717, 1.165) is 10.9 Å². The number of carbonyl (C=O) groups is 1. The quantitative estimate of drug-likeness (QED) is 0.937. The van der Waals surface area contributed by atoms with Gasteiger partial charge in [0.15, 0.2) is 0 Å². The zero-order valence-electron chi connectivity index (χ0n) is 10.7. The van der Waals surface area contributed by atoms with E-state index >= 15 is 0 Å². The fraction of sp³-hybridized carbons (Fsp3) is 0.308. The first-order valence-corrected chi connectivity index (χ1v) is 5.85. The van der Waals surface area contributed by atoms with Crippen LogP contribution in [0.1, 0.15) is 0 Å². The SMILES string of the molecule is COc1ccc2c(ccn2CC(=O)NCC(F)(F)F)c1. The molecule has 0 fully saturated rings. The highest BCUT2D eigenvalue weighted by Crippen LogP contribution is 2.21. The minimum atomic E-state index is -4.40. The van der Waals surface area contributed by atoms with Crippen molar-refractivity contribution in [3.63, 3.8) is 0 Å². The van der Waals surface area contributed by atoms with Gasteiger partial charge >= 0.3 is 6.18 Å². The van der Waals surface area contributed by atoms with Gasteiger partial charge in [-0.2, -0.15) is 13.2 Å². The van der Waals surface area contributed by atoms with Gasteiger partial charge in [0.2, 0.25) is 5.91 Å². The van der Waals surface area contributed by atoms with Gasteiger partial charge in [0.25, 0.3) is 0 Å². The molecular formula is C13H13F3N2O2. The van der Waals surface area contributed by atoms with Gasteiger partial charge in [0.1, 0.15) is 18.8 Å². The standard InChI is InChI=1S/C13H13F3N2O2/c1-20-10-2-3-11-9(6-10)4-5-18(11)7-12(19)17-8-13(14,15)16/h2-6H,7-8H2,1H3,(H,17,19). The fourth-order valence-electron chi connectivity index (χ4n) is 1.85. The van der Waals surface area contributed by atoms with Crippen molar-refractivity contribution in [2.45, 2.75) is 12.7 Å². The van der Waals surface area contributed by atoms with Crippen LogP contribution in [-0.4, -0.2) is 30.3 Å². The third kappa shape index (κ3) is 3.43. The molecule has 0 radical (unpaired) electrons. The predicted molar refractivity (Wildman–Crippen MR) is 67.6 cm³/mol. The monoisotopic (exact) mass is 286 g/mol.